The van der Waals surface area contributed by atoms with E-state index in [1.54, 1.807) is 13.8 Å². The number of aliphatic hydroxyl groups excluding tert-OH is 2. The average Bonchev–Trinajstić information content (AvgIpc) is 2.87. The predicted octanol–water partition coefficient (Wildman–Crippen LogP) is 1.75. The van der Waals surface area contributed by atoms with Crippen LogP contribution in [-0.2, 0) is 19.1 Å². The van der Waals surface area contributed by atoms with Gasteiger partial charge in [-0.05, 0) is 32.1 Å². The molecule has 0 aromatic heterocycles. The van der Waals surface area contributed by atoms with E-state index in [2.05, 4.69) is 6.58 Å². The van der Waals surface area contributed by atoms with Crippen LogP contribution in [-0.4, -0.2) is 46.6 Å². The number of carbonyl (C=O) groups is 2. The minimum atomic E-state index is -0.889. The van der Waals surface area contributed by atoms with Crippen molar-refractivity contribution in [3.63, 3.8) is 0 Å². The van der Waals surface area contributed by atoms with E-state index in [1.165, 1.54) is 6.08 Å². The summed E-state index contributed by atoms with van der Waals surface area (Å²) in [4.78, 5) is 24.5. The third-order valence-electron chi connectivity index (χ3n) is 6.45. The van der Waals surface area contributed by atoms with Crippen molar-refractivity contribution < 1.29 is 29.3 Å². The Labute approximate surface area is 153 Å². The Bertz CT molecular complexity index is 663. The second-order valence-corrected chi connectivity index (χ2v) is 8.50. The molecule has 6 nitrogen and oxygen atoms in total. The summed E-state index contributed by atoms with van der Waals surface area (Å²) in [5, 5.41) is 21.4. The minimum Gasteiger partial charge on any atom is -0.458 e. The molecule has 3 fully saturated rings. The molecule has 0 spiro atoms. The molecule has 6 heteroatoms. The third-order valence-corrected chi connectivity index (χ3v) is 6.45. The molecule has 1 heterocycles. The first-order valence-electron chi connectivity index (χ1n) is 9.18. The molecule has 1 saturated heterocycles. The Hall–Kier alpha value is -1.66. The molecule has 3 aliphatic rings. The quantitative estimate of drug-likeness (QED) is 0.573. The summed E-state index contributed by atoms with van der Waals surface area (Å²) in [6.45, 7) is 11.3. The van der Waals surface area contributed by atoms with E-state index in [9.17, 15) is 19.8 Å². The number of carbonyl (C=O) groups excluding carboxylic acids is 2. The van der Waals surface area contributed by atoms with Gasteiger partial charge in [-0.3, -0.25) is 0 Å². The lowest BCUT2D eigenvalue weighted by molar-refractivity contribution is -0.165. The van der Waals surface area contributed by atoms with Crippen LogP contribution < -0.4 is 0 Å². The maximum absolute atomic E-state index is 12.4. The summed E-state index contributed by atoms with van der Waals surface area (Å²) in [5.74, 6) is -1.80. The Kier molecular flexibility index (Phi) is 4.78. The van der Waals surface area contributed by atoms with Crippen molar-refractivity contribution >= 4 is 11.9 Å². The maximum Gasteiger partial charge on any atom is 0.334 e. The first-order valence-corrected chi connectivity index (χ1v) is 9.18. The molecule has 0 unspecified atom stereocenters. The van der Waals surface area contributed by atoms with Crippen LogP contribution in [0.25, 0.3) is 0 Å². The molecule has 3 rings (SSSR count). The molecule has 0 aromatic rings. The Morgan fingerprint density at radius 1 is 1.35 bits per heavy atom. The van der Waals surface area contributed by atoms with E-state index in [0.717, 1.165) is 5.57 Å². The molecule has 0 aromatic carbocycles. The smallest absolute Gasteiger partial charge is 0.334 e. The second-order valence-electron chi connectivity index (χ2n) is 8.50. The van der Waals surface area contributed by atoms with Gasteiger partial charge in [-0.2, -0.15) is 0 Å². The molecule has 0 radical (unpaired) electrons. The molecule has 0 bridgehead atoms. The van der Waals surface area contributed by atoms with Crippen molar-refractivity contribution in [3.05, 3.63) is 23.8 Å². The van der Waals surface area contributed by atoms with Gasteiger partial charge >= 0.3 is 11.9 Å². The SMILES string of the molecule is C=C1C(=O)O[C@@H]2C[C@@H](C)[C@@H]3[C@@H](O)C[C@@H](O)[C@@]3(C)[C@@H](OC(=O)C=C(C)C)[C@H]12. The standard InChI is InChI=1S/C20H28O6/c1-9(2)6-15(23)26-18-16-11(4)19(24)25-13(16)7-10(3)17-12(21)8-14(22)20(17,18)5/h6,10,12-14,16-18,21-22H,4,7-8H2,1-3,5H3/t10-,12+,13-,14-,16-,17-,18+,20-/m1/s1. The number of rotatable bonds is 2. The summed E-state index contributed by atoms with van der Waals surface area (Å²) in [5.41, 5.74) is 0.174. The minimum absolute atomic E-state index is 0.00879. The number of hydrogen-bond acceptors (Lipinski definition) is 6. The lowest BCUT2D eigenvalue weighted by Gasteiger charge is -2.43. The van der Waals surface area contributed by atoms with E-state index >= 15 is 0 Å². The van der Waals surface area contributed by atoms with E-state index in [0.29, 0.717) is 6.42 Å². The fourth-order valence-electron chi connectivity index (χ4n) is 5.35. The fourth-order valence-corrected chi connectivity index (χ4v) is 5.35. The van der Waals surface area contributed by atoms with Crippen molar-refractivity contribution in [1.29, 1.82) is 0 Å². The molecule has 1 aliphatic heterocycles. The molecular weight excluding hydrogens is 336 g/mol. The number of esters is 2. The van der Waals surface area contributed by atoms with Gasteiger partial charge in [-0.25, -0.2) is 9.59 Å². The van der Waals surface area contributed by atoms with Crippen LogP contribution >= 0.6 is 0 Å². The van der Waals surface area contributed by atoms with Gasteiger partial charge in [-0.1, -0.05) is 26.0 Å². The zero-order valence-corrected chi connectivity index (χ0v) is 15.8. The molecule has 2 N–H and O–H groups in total. The lowest BCUT2D eigenvalue weighted by atomic mass is 9.67. The van der Waals surface area contributed by atoms with Crippen LogP contribution in [0.2, 0.25) is 0 Å². The first-order chi connectivity index (χ1) is 12.1. The molecule has 2 saturated carbocycles. The maximum atomic E-state index is 12.4. The van der Waals surface area contributed by atoms with Crippen molar-refractivity contribution in [2.75, 3.05) is 0 Å². The zero-order valence-electron chi connectivity index (χ0n) is 15.8. The first kappa shape index (κ1) is 19.1. The molecular formula is C20H28O6. The van der Waals surface area contributed by atoms with Crippen LogP contribution in [0, 0.1) is 23.2 Å². The third kappa shape index (κ3) is 2.79. The summed E-state index contributed by atoms with van der Waals surface area (Å²) in [7, 11) is 0. The predicted molar refractivity (Wildman–Crippen MR) is 93.8 cm³/mol. The summed E-state index contributed by atoms with van der Waals surface area (Å²) in [6.07, 6.45) is -0.654. The number of ether oxygens (including phenoxy) is 2. The largest absolute Gasteiger partial charge is 0.458 e. The van der Waals surface area contributed by atoms with E-state index < -0.39 is 47.7 Å². The van der Waals surface area contributed by atoms with Crippen molar-refractivity contribution in [1.82, 2.24) is 0 Å². The topological polar surface area (TPSA) is 93.1 Å². The van der Waals surface area contributed by atoms with Crippen LogP contribution in [0.4, 0.5) is 0 Å². The highest BCUT2D eigenvalue weighted by molar-refractivity contribution is 5.91. The average molecular weight is 364 g/mol. The summed E-state index contributed by atoms with van der Waals surface area (Å²) >= 11 is 0. The van der Waals surface area contributed by atoms with E-state index in [4.69, 9.17) is 9.47 Å². The van der Waals surface area contributed by atoms with Crippen LogP contribution in [0.1, 0.15) is 40.5 Å². The monoisotopic (exact) mass is 364 g/mol. The van der Waals surface area contributed by atoms with Crippen LogP contribution in [0.3, 0.4) is 0 Å². The Balaban J connectivity index is 2.08. The van der Waals surface area contributed by atoms with Gasteiger partial charge in [0.15, 0.2) is 0 Å². The van der Waals surface area contributed by atoms with Crippen LogP contribution in [0.5, 0.6) is 0 Å². The van der Waals surface area contributed by atoms with Gasteiger partial charge in [-0.15, -0.1) is 0 Å². The summed E-state index contributed by atoms with van der Waals surface area (Å²) < 4.78 is 11.3. The fraction of sp³-hybridized carbons (Fsp3) is 0.700. The molecule has 2 aliphatic carbocycles. The highest BCUT2D eigenvalue weighted by Crippen LogP contribution is 2.58. The van der Waals surface area contributed by atoms with E-state index in [-0.39, 0.29) is 23.8 Å². The van der Waals surface area contributed by atoms with Crippen molar-refractivity contribution in [3.8, 4) is 0 Å². The summed E-state index contributed by atoms with van der Waals surface area (Å²) in [6, 6.07) is 0. The van der Waals surface area contributed by atoms with E-state index in [1.807, 2.05) is 13.8 Å². The van der Waals surface area contributed by atoms with Gasteiger partial charge in [0.2, 0.25) is 0 Å². The highest BCUT2D eigenvalue weighted by atomic mass is 16.6. The van der Waals surface area contributed by atoms with Crippen LogP contribution in [0.15, 0.2) is 23.8 Å². The van der Waals surface area contributed by atoms with Gasteiger partial charge in [0.05, 0.1) is 18.1 Å². The number of allylic oxidation sites excluding steroid dienone is 1. The zero-order chi connectivity index (χ0) is 19.4. The Morgan fingerprint density at radius 2 is 2.00 bits per heavy atom. The van der Waals surface area contributed by atoms with Gasteiger partial charge < -0.3 is 19.7 Å². The number of fused-ring (bicyclic) bond motifs is 2. The highest BCUT2D eigenvalue weighted by Gasteiger charge is 2.65. The molecule has 8 atom stereocenters. The molecule has 26 heavy (non-hydrogen) atoms. The van der Waals surface area contributed by atoms with Crippen molar-refractivity contribution in [2.24, 2.45) is 23.2 Å². The Morgan fingerprint density at radius 3 is 2.62 bits per heavy atom. The number of hydrogen-bond donors (Lipinski definition) is 2. The van der Waals surface area contributed by atoms with Gasteiger partial charge in [0.25, 0.3) is 0 Å². The van der Waals surface area contributed by atoms with Gasteiger partial charge in [0, 0.05) is 23.5 Å². The van der Waals surface area contributed by atoms with Gasteiger partial charge in [0.1, 0.15) is 12.2 Å². The number of aliphatic hydroxyl groups is 2. The van der Waals surface area contributed by atoms with Crippen molar-refractivity contribution in [2.45, 2.75) is 65.0 Å². The normalized spacial score (nSPS) is 44.6. The second kappa shape index (κ2) is 6.50. The molecule has 144 valence electrons. The molecule has 0 amide bonds. The lowest BCUT2D eigenvalue weighted by Crippen LogP contribution is -2.51.